The molecule has 0 radical (unpaired) electrons. The molecule has 0 spiro atoms. The van der Waals surface area contributed by atoms with Crippen LogP contribution in [0.3, 0.4) is 0 Å². The Balaban J connectivity index is 1.93. The summed E-state index contributed by atoms with van der Waals surface area (Å²) in [6, 6.07) is 10.6. The smallest absolute Gasteiger partial charge is 0.221 e. The highest BCUT2D eigenvalue weighted by atomic mass is 32.1. The number of nitrogens with zero attached hydrogens (tertiary/aromatic N) is 2. The van der Waals surface area contributed by atoms with Crippen molar-refractivity contribution in [1.82, 2.24) is 9.97 Å². The van der Waals surface area contributed by atoms with Crippen molar-refractivity contribution in [3.05, 3.63) is 54.4 Å². The van der Waals surface area contributed by atoms with E-state index in [1.54, 1.807) is 30.6 Å². The van der Waals surface area contributed by atoms with Crippen molar-refractivity contribution in [3.63, 3.8) is 0 Å². The zero-order valence-corrected chi connectivity index (χ0v) is 17.5. The van der Waals surface area contributed by atoms with Gasteiger partial charge in [0.25, 0.3) is 0 Å². The molecule has 30 heavy (non-hydrogen) atoms. The first-order chi connectivity index (χ1) is 14.4. The Bertz CT molecular complexity index is 1100. The number of carbonyl (C=O) groups is 2. The summed E-state index contributed by atoms with van der Waals surface area (Å²) in [6.07, 6.45) is 3.18. The number of benzene rings is 2. The lowest BCUT2D eigenvalue weighted by Gasteiger charge is -2.14. The van der Waals surface area contributed by atoms with Crippen LogP contribution in [0.2, 0.25) is 0 Å². The molecule has 0 atom stereocenters. The average Bonchev–Trinajstić information content (AvgIpc) is 2.73. The third-order valence-electron chi connectivity index (χ3n) is 4.09. The van der Waals surface area contributed by atoms with E-state index < -0.39 is 5.12 Å². The van der Waals surface area contributed by atoms with E-state index in [9.17, 15) is 9.59 Å². The minimum absolute atomic E-state index is 0.156. The molecule has 2 aromatic carbocycles. The second-order valence-electron chi connectivity index (χ2n) is 6.24. The van der Waals surface area contributed by atoms with Gasteiger partial charge in [0.15, 0.2) is 11.5 Å². The van der Waals surface area contributed by atoms with Gasteiger partial charge in [-0.05, 0) is 18.2 Å². The van der Waals surface area contributed by atoms with Gasteiger partial charge < -0.3 is 20.1 Å². The van der Waals surface area contributed by atoms with Crippen molar-refractivity contribution in [3.8, 4) is 22.8 Å². The Morgan fingerprint density at radius 3 is 2.50 bits per heavy atom. The van der Waals surface area contributed by atoms with Crippen molar-refractivity contribution in [1.29, 1.82) is 0 Å². The maximum absolute atomic E-state index is 11.9. The molecule has 2 N–H and O–H groups in total. The SMILES string of the molecule is COc1cc(Nc2cncc(-c3cccc(NC(C)=O)c3)n2)cc(C(=O)S)c1OC. The predicted molar refractivity (Wildman–Crippen MR) is 118 cm³/mol. The lowest BCUT2D eigenvalue weighted by molar-refractivity contribution is -0.114. The summed E-state index contributed by atoms with van der Waals surface area (Å²) >= 11 is 3.91. The van der Waals surface area contributed by atoms with Gasteiger partial charge in [0.2, 0.25) is 11.0 Å². The number of methoxy groups -OCH3 is 2. The Morgan fingerprint density at radius 2 is 1.83 bits per heavy atom. The summed E-state index contributed by atoms with van der Waals surface area (Å²) < 4.78 is 10.6. The van der Waals surface area contributed by atoms with Crippen molar-refractivity contribution in [2.24, 2.45) is 0 Å². The Morgan fingerprint density at radius 1 is 1.03 bits per heavy atom. The van der Waals surface area contributed by atoms with Crippen LogP contribution in [0.15, 0.2) is 48.8 Å². The second kappa shape index (κ2) is 9.27. The Hall–Kier alpha value is -3.59. The van der Waals surface area contributed by atoms with E-state index in [1.807, 2.05) is 18.2 Å². The molecule has 1 aromatic heterocycles. The highest BCUT2D eigenvalue weighted by molar-refractivity contribution is 7.97. The number of hydrogen-bond donors (Lipinski definition) is 3. The lowest BCUT2D eigenvalue weighted by Crippen LogP contribution is -2.05. The number of thiol groups is 1. The fraction of sp³-hybridized carbons (Fsp3) is 0.143. The van der Waals surface area contributed by atoms with Crippen LogP contribution < -0.4 is 20.1 Å². The third kappa shape index (κ3) is 4.87. The highest BCUT2D eigenvalue weighted by Gasteiger charge is 2.17. The number of anilines is 3. The maximum atomic E-state index is 11.9. The van der Waals surface area contributed by atoms with Crippen LogP contribution in [0.25, 0.3) is 11.3 Å². The van der Waals surface area contributed by atoms with E-state index in [0.29, 0.717) is 34.4 Å². The first-order valence-electron chi connectivity index (χ1n) is 8.87. The van der Waals surface area contributed by atoms with Crippen molar-refractivity contribution >= 4 is 40.8 Å². The molecule has 0 aliphatic heterocycles. The fourth-order valence-electron chi connectivity index (χ4n) is 2.87. The van der Waals surface area contributed by atoms with Gasteiger partial charge in [0.05, 0.1) is 37.9 Å². The lowest BCUT2D eigenvalue weighted by atomic mass is 10.1. The summed E-state index contributed by atoms with van der Waals surface area (Å²) in [5.74, 6) is 0.989. The van der Waals surface area contributed by atoms with Gasteiger partial charge in [-0.3, -0.25) is 14.6 Å². The van der Waals surface area contributed by atoms with Gasteiger partial charge in [-0.25, -0.2) is 4.98 Å². The van der Waals surface area contributed by atoms with Gasteiger partial charge in [0, 0.05) is 29.9 Å². The molecule has 1 heterocycles. The number of hydrogen-bond acceptors (Lipinski definition) is 7. The molecule has 0 fully saturated rings. The molecule has 0 aliphatic rings. The van der Waals surface area contributed by atoms with E-state index in [0.717, 1.165) is 5.56 Å². The molecular formula is C21H20N4O4S. The zero-order chi connectivity index (χ0) is 21.7. The van der Waals surface area contributed by atoms with Crippen LogP contribution >= 0.6 is 12.6 Å². The van der Waals surface area contributed by atoms with Crippen molar-refractivity contribution in [2.75, 3.05) is 24.9 Å². The van der Waals surface area contributed by atoms with Crippen LogP contribution in [-0.4, -0.2) is 35.2 Å². The van der Waals surface area contributed by atoms with Crippen molar-refractivity contribution < 1.29 is 19.1 Å². The van der Waals surface area contributed by atoms with E-state index in [1.165, 1.54) is 21.1 Å². The molecule has 0 saturated heterocycles. The molecule has 8 nitrogen and oxygen atoms in total. The maximum Gasteiger partial charge on any atom is 0.221 e. The normalized spacial score (nSPS) is 10.3. The quantitative estimate of drug-likeness (QED) is 0.494. The summed E-state index contributed by atoms with van der Waals surface area (Å²) in [6.45, 7) is 1.45. The average molecular weight is 424 g/mol. The van der Waals surface area contributed by atoms with Crippen LogP contribution in [0.1, 0.15) is 17.3 Å². The van der Waals surface area contributed by atoms with E-state index in [4.69, 9.17) is 9.47 Å². The number of amides is 1. The number of aromatic nitrogens is 2. The monoisotopic (exact) mass is 424 g/mol. The number of rotatable bonds is 7. The Kier molecular flexibility index (Phi) is 6.53. The van der Waals surface area contributed by atoms with Gasteiger partial charge in [-0.2, -0.15) is 0 Å². The highest BCUT2D eigenvalue weighted by Crippen LogP contribution is 2.36. The molecule has 3 rings (SSSR count). The first kappa shape index (κ1) is 21.1. The summed E-state index contributed by atoms with van der Waals surface area (Å²) in [5.41, 5.74) is 2.88. The van der Waals surface area contributed by atoms with Crippen LogP contribution in [0.5, 0.6) is 11.5 Å². The number of ether oxygens (including phenoxy) is 2. The molecule has 9 heteroatoms. The van der Waals surface area contributed by atoms with Crippen LogP contribution in [0.4, 0.5) is 17.2 Å². The van der Waals surface area contributed by atoms with Gasteiger partial charge in [0.1, 0.15) is 5.82 Å². The fourth-order valence-corrected chi connectivity index (χ4v) is 3.03. The molecule has 3 aromatic rings. The number of nitrogens with one attached hydrogen (secondary N) is 2. The Labute approximate surface area is 179 Å². The van der Waals surface area contributed by atoms with E-state index in [-0.39, 0.29) is 11.5 Å². The second-order valence-corrected chi connectivity index (χ2v) is 6.65. The zero-order valence-electron chi connectivity index (χ0n) is 16.6. The van der Waals surface area contributed by atoms with Crippen molar-refractivity contribution in [2.45, 2.75) is 6.92 Å². The van der Waals surface area contributed by atoms with Crippen LogP contribution in [-0.2, 0) is 4.79 Å². The standard InChI is InChI=1S/C21H20N4O4S/c1-12(26)23-14-6-4-5-13(7-14)17-10-22-11-19(25-17)24-15-8-16(21(27)30)20(29-3)18(9-15)28-2/h4-11H,1-3H3,(H,23,26)(H,24,25)(H,27,30). The molecular weight excluding hydrogens is 404 g/mol. The molecule has 0 saturated carbocycles. The molecule has 0 aliphatic carbocycles. The molecule has 154 valence electrons. The van der Waals surface area contributed by atoms with Gasteiger partial charge in [-0.1, -0.05) is 12.1 Å². The molecule has 0 unspecified atom stereocenters. The third-order valence-corrected chi connectivity index (χ3v) is 4.34. The predicted octanol–water partition coefficient (Wildman–Crippen LogP) is 3.93. The molecule has 1 amide bonds. The summed E-state index contributed by atoms with van der Waals surface area (Å²) in [7, 11) is 2.94. The van der Waals surface area contributed by atoms with Crippen LogP contribution in [0, 0.1) is 0 Å². The van der Waals surface area contributed by atoms with E-state index in [2.05, 4.69) is 33.2 Å². The van der Waals surface area contributed by atoms with Gasteiger partial charge >= 0.3 is 0 Å². The number of carbonyl (C=O) groups excluding carboxylic acids is 2. The summed E-state index contributed by atoms with van der Waals surface area (Å²) in [4.78, 5) is 32.0. The van der Waals surface area contributed by atoms with Gasteiger partial charge in [-0.15, -0.1) is 12.6 Å². The van der Waals surface area contributed by atoms with E-state index >= 15 is 0 Å². The largest absolute Gasteiger partial charge is 0.493 e. The minimum Gasteiger partial charge on any atom is -0.493 e. The minimum atomic E-state index is -0.455. The topological polar surface area (TPSA) is 102 Å². The molecule has 0 bridgehead atoms. The summed E-state index contributed by atoms with van der Waals surface area (Å²) in [5, 5.41) is 5.40. The first-order valence-corrected chi connectivity index (χ1v) is 9.32.